The van der Waals surface area contributed by atoms with E-state index in [0.717, 1.165) is 16.9 Å². The average molecular weight is 351 g/mol. The number of amides is 1. The zero-order valence-electron chi connectivity index (χ0n) is 15.5. The van der Waals surface area contributed by atoms with Gasteiger partial charge in [0.2, 0.25) is 5.91 Å². The van der Waals surface area contributed by atoms with Crippen LogP contribution in [0.4, 0.5) is 0 Å². The summed E-state index contributed by atoms with van der Waals surface area (Å²) in [5.74, 6) is 0.825. The van der Waals surface area contributed by atoms with Crippen molar-refractivity contribution in [2.24, 2.45) is 0 Å². The lowest BCUT2D eigenvalue weighted by atomic mass is 10.0. The Morgan fingerprint density at radius 1 is 1.23 bits per heavy atom. The highest BCUT2D eigenvalue weighted by atomic mass is 16.5. The third-order valence-electron chi connectivity index (χ3n) is 4.32. The molecule has 0 fully saturated rings. The van der Waals surface area contributed by atoms with Gasteiger partial charge < -0.3 is 15.0 Å². The Kier molecular flexibility index (Phi) is 7.19. The van der Waals surface area contributed by atoms with Crippen LogP contribution in [0.15, 0.2) is 48.5 Å². The zero-order chi connectivity index (χ0) is 18.9. The summed E-state index contributed by atoms with van der Waals surface area (Å²) >= 11 is 0. The van der Waals surface area contributed by atoms with Crippen molar-refractivity contribution in [1.82, 2.24) is 10.2 Å². The number of nitrogens with zero attached hydrogens (tertiary/aromatic N) is 2. The minimum Gasteiger partial charge on any atom is -0.497 e. The first-order valence-corrected chi connectivity index (χ1v) is 8.59. The molecule has 0 saturated carbocycles. The second-order valence-corrected chi connectivity index (χ2v) is 6.37. The van der Waals surface area contributed by atoms with Crippen molar-refractivity contribution >= 4 is 5.91 Å². The minimum atomic E-state index is 0.0177. The maximum absolute atomic E-state index is 12.2. The van der Waals surface area contributed by atoms with E-state index in [9.17, 15) is 4.79 Å². The predicted octanol–water partition coefficient (Wildman–Crippen LogP) is 2.92. The third kappa shape index (κ3) is 5.61. The molecule has 1 N–H and O–H groups in total. The van der Waals surface area contributed by atoms with Crippen molar-refractivity contribution in [2.75, 3.05) is 27.7 Å². The second kappa shape index (κ2) is 9.59. The quantitative estimate of drug-likeness (QED) is 0.794. The number of carbonyl (C=O) groups is 1. The molecule has 2 aromatic rings. The molecule has 5 heteroatoms. The van der Waals surface area contributed by atoms with Gasteiger partial charge in [-0.25, -0.2) is 0 Å². The third-order valence-corrected chi connectivity index (χ3v) is 4.32. The van der Waals surface area contributed by atoms with Gasteiger partial charge in [-0.3, -0.25) is 4.79 Å². The fourth-order valence-corrected chi connectivity index (χ4v) is 2.75. The van der Waals surface area contributed by atoms with Crippen LogP contribution in [0.2, 0.25) is 0 Å². The normalized spacial score (nSPS) is 11.7. The van der Waals surface area contributed by atoms with Gasteiger partial charge in [-0.05, 0) is 55.9 Å². The van der Waals surface area contributed by atoms with E-state index in [1.54, 1.807) is 19.2 Å². The molecule has 136 valence electrons. The molecule has 1 atom stereocenters. The molecule has 0 aliphatic carbocycles. The van der Waals surface area contributed by atoms with E-state index in [-0.39, 0.29) is 11.9 Å². The van der Waals surface area contributed by atoms with E-state index >= 15 is 0 Å². The number of nitrogens with one attached hydrogen (secondary N) is 1. The molecule has 0 aromatic heterocycles. The Bertz CT molecular complexity index is 764. The fourth-order valence-electron chi connectivity index (χ4n) is 2.75. The highest BCUT2D eigenvalue weighted by molar-refractivity contribution is 5.76. The lowest BCUT2D eigenvalue weighted by molar-refractivity contribution is -0.121. The van der Waals surface area contributed by atoms with Gasteiger partial charge in [-0.1, -0.05) is 24.3 Å². The zero-order valence-corrected chi connectivity index (χ0v) is 15.5. The van der Waals surface area contributed by atoms with Gasteiger partial charge in [0.1, 0.15) is 5.75 Å². The Morgan fingerprint density at radius 2 is 1.96 bits per heavy atom. The number of nitriles is 1. The lowest BCUT2D eigenvalue weighted by Gasteiger charge is -2.25. The van der Waals surface area contributed by atoms with Gasteiger partial charge in [0.25, 0.3) is 0 Å². The Balaban J connectivity index is 1.89. The molecule has 0 radical (unpaired) electrons. The highest BCUT2D eigenvalue weighted by Crippen LogP contribution is 2.22. The highest BCUT2D eigenvalue weighted by Gasteiger charge is 2.16. The van der Waals surface area contributed by atoms with Crippen LogP contribution in [0.5, 0.6) is 5.75 Å². The number of ether oxygens (including phenoxy) is 1. The molecule has 1 unspecified atom stereocenters. The lowest BCUT2D eigenvalue weighted by Crippen LogP contribution is -2.34. The SMILES string of the molecule is COc1cccc(C(CNC(=O)CCc2ccc(C#N)cc2)N(C)C)c1. The van der Waals surface area contributed by atoms with Crippen LogP contribution in [-0.4, -0.2) is 38.6 Å². The largest absolute Gasteiger partial charge is 0.497 e. The topological polar surface area (TPSA) is 65.4 Å². The van der Waals surface area contributed by atoms with Crippen LogP contribution in [0.25, 0.3) is 0 Å². The molecule has 2 rings (SSSR count). The molecular weight excluding hydrogens is 326 g/mol. The Morgan fingerprint density at radius 3 is 2.58 bits per heavy atom. The van der Waals surface area contributed by atoms with E-state index in [0.29, 0.717) is 24.9 Å². The van der Waals surface area contributed by atoms with E-state index in [4.69, 9.17) is 10.00 Å². The summed E-state index contributed by atoms with van der Waals surface area (Å²) in [5.41, 5.74) is 2.78. The average Bonchev–Trinajstić information content (AvgIpc) is 2.66. The van der Waals surface area contributed by atoms with Crippen LogP contribution in [0, 0.1) is 11.3 Å². The first-order chi connectivity index (χ1) is 12.5. The molecule has 0 aliphatic rings. The number of likely N-dealkylation sites (N-methyl/N-ethyl adjacent to an activating group) is 1. The molecule has 0 saturated heterocycles. The van der Waals surface area contributed by atoms with E-state index in [2.05, 4.69) is 16.3 Å². The van der Waals surface area contributed by atoms with E-state index < -0.39 is 0 Å². The van der Waals surface area contributed by atoms with Crippen molar-refractivity contribution in [2.45, 2.75) is 18.9 Å². The van der Waals surface area contributed by atoms with Crippen molar-refractivity contribution < 1.29 is 9.53 Å². The summed E-state index contributed by atoms with van der Waals surface area (Å²) < 4.78 is 5.29. The van der Waals surface area contributed by atoms with Gasteiger partial charge in [-0.15, -0.1) is 0 Å². The summed E-state index contributed by atoms with van der Waals surface area (Å²) in [7, 11) is 5.63. The Hall–Kier alpha value is -2.84. The molecule has 0 spiro atoms. The summed E-state index contributed by atoms with van der Waals surface area (Å²) in [5, 5.41) is 11.8. The first-order valence-electron chi connectivity index (χ1n) is 8.59. The molecule has 5 nitrogen and oxygen atoms in total. The number of benzene rings is 2. The predicted molar refractivity (Wildman–Crippen MR) is 102 cm³/mol. The number of hydrogen-bond donors (Lipinski definition) is 1. The molecule has 0 bridgehead atoms. The second-order valence-electron chi connectivity index (χ2n) is 6.37. The van der Waals surface area contributed by atoms with Gasteiger partial charge in [0.15, 0.2) is 0 Å². The van der Waals surface area contributed by atoms with Crippen molar-refractivity contribution in [1.29, 1.82) is 5.26 Å². The van der Waals surface area contributed by atoms with E-state index in [1.807, 2.05) is 50.5 Å². The van der Waals surface area contributed by atoms with Gasteiger partial charge in [-0.2, -0.15) is 5.26 Å². The maximum atomic E-state index is 12.2. The monoisotopic (exact) mass is 351 g/mol. The fraction of sp³-hybridized carbons (Fsp3) is 0.333. The standard InChI is InChI=1S/C21H25N3O2/c1-24(2)20(18-5-4-6-19(13-18)26-3)15-23-21(25)12-11-16-7-9-17(14-22)10-8-16/h4-10,13,20H,11-12,15H2,1-3H3,(H,23,25). The van der Waals surface area contributed by atoms with Crippen LogP contribution >= 0.6 is 0 Å². The van der Waals surface area contributed by atoms with Crippen molar-refractivity contribution in [3.63, 3.8) is 0 Å². The van der Waals surface area contributed by atoms with Crippen LogP contribution in [-0.2, 0) is 11.2 Å². The minimum absolute atomic E-state index is 0.0177. The number of carbonyl (C=O) groups excluding carboxylic acids is 1. The number of rotatable bonds is 8. The molecule has 0 heterocycles. The van der Waals surface area contributed by atoms with Crippen LogP contribution in [0.3, 0.4) is 0 Å². The number of hydrogen-bond acceptors (Lipinski definition) is 4. The summed E-state index contributed by atoms with van der Waals surface area (Å²) in [6.45, 7) is 0.534. The van der Waals surface area contributed by atoms with Gasteiger partial charge in [0, 0.05) is 13.0 Å². The molecule has 0 aliphatic heterocycles. The summed E-state index contributed by atoms with van der Waals surface area (Å²) in [6, 6.07) is 17.4. The maximum Gasteiger partial charge on any atom is 0.220 e. The van der Waals surface area contributed by atoms with Gasteiger partial charge in [0.05, 0.1) is 24.8 Å². The molecule has 1 amide bonds. The Labute approximate surface area is 155 Å². The van der Waals surface area contributed by atoms with Crippen molar-refractivity contribution in [3.05, 3.63) is 65.2 Å². The van der Waals surface area contributed by atoms with E-state index in [1.165, 1.54) is 0 Å². The van der Waals surface area contributed by atoms with Gasteiger partial charge >= 0.3 is 0 Å². The van der Waals surface area contributed by atoms with Crippen LogP contribution in [0.1, 0.15) is 29.2 Å². The smallest absolute Gasteiger partial charge is 0.220 e. The summed E-state index contributed by atoms with van der Waals surface area (Å²) in [4.78, 5) is 14.3. The first kappa shape index (κ1) is 19.5. The molecule has 2 aromatic carbocycles. The number of aryl methyl sites for hydroxylation is 1. The number of methoxy groups -OCH3 is 1. The molecular formula is C21H25N3O2. The summed E-state index contributed by atoms with van der Waals surface area (Å²) in [6.07, 6.45) is 1.08. The van der Waals surface area contributed by atoms with Crippen molar-refractivity contribution in [3.8, 4) is 11.8 Å². The molecule has 26 heavy (non-hydrogen) atoms. The van der Waals surface area contributed by atoms with Crippen LogP contribution < -0.4 is 10.1 Å².